The van der Waals surface area contributed by atoms with Gasteiger partial charge >= 0.3 is 6.03 Å². The fraction of sp³-hybridized carbons (Fsp3) is 0.235. The molecule has 0 fully saturated rings. The van der Waals surface area contributed by atoms with Crippen LogP contribution in [0.25, 0.3) is 0 Å². The molecule has 1 atom stereocenters. The van der Waals surface area contributed by atoms with Crippen molar-refractivity contribution in [1.82, 2.24) is 0 Å². The van der Waals surface area contributed by atoms with Crippen molar-refractivity contribution in [2.75, 3.05) is 10.6 Å². The van der Waals surface area contributed by atoms with Crippen molar-refractivity contribution < 1.29 is 4.79 Å². The van der Waals surface area contributed by atoms with Crippen molar-refractivity contribution >= 4 is 17.4 Å². The van der Waals surface area contributed by atoms with Gasteiger partial charge in [-0.2, -0.15) is 0 Å². The third-order valence-corrected chi connectivity index (χ3v) is 3.29. The van der Waals surface area contributed by atoms with Gasteiger partial charge in [-0.3, -0.25) is 0 Å². The van der Waals surface area contributed by atoms with Gasteiger partial charge in [0.05, 0.1) is 0 Å². The standard InChI is InChI=1S/C17H21N3O/c1-3-13-7-9-15(10-8-13)19-17(21)20-16-6-4-5-14(11-16)12(2)18/h4-12H,3,18H2,1-2H3,(H2,19,20,21). The summed E-state index contributed by atoms with van der Waals surface area (Å²) in [4.78, 5) is 12.0. The maximum atomic E-state index is 12.0. The Morgan fingerprint density at radius 2 is 1.76 bits per heavy atom. The van der Waals surface area contributed by atoms with Crippen LogP contribution in [0.3, 0.4) is 0 Å². The number of carbonyl (C=O) groups is 1. The molecule has 2 amide bonds. The van der Waals surface area contributed by atoms with E-state index >= 15 is 0 Å². The van der Waals surface area contributed by atoms with Crippen LogP contribution in [-0.2, 0) is 6.42 Å². The molecule has 0 aromatic heterocycles. The van der Waals surface area contributed by atoms with Gasteiger partial charge in [-0.05, 0) is 48.7 Å². The smallest absolute Gasteiger partial charge is 0.323 e. The molecule has 2 aromatic carbocycles. The summed E-state index contributed by atoms with van der Waals surface area (Å²) < 4.78 is 0. The van der Waals surface area contributed by atoms with E-state index in [9.17, 15) is 4.79 Å². The lowest BCUT2D eigenvalue weighted by Crippen LogP contribution is -2.19. The lowest BCUT2D eigenvalue weighted by molar-refractivity contribution is 0.262. The number of aryl methyl sites for hydroxylation is 1. The van der Waals surface area contributed by atoms with Gasteiger partial charge in [0.2, 0.25) is 0 Å². The average Bonchev–Trinajstić information content (AvgIpc) is 2.48. The summed E-state index contributed by atoms with van der Waals surface area (Å²) >= 11 is 0. The molecule has 0 spiro atoms. The molecule has 4 N–H and O–H groups in total. The summed E-state index contributed by atoms with van der Waals surface area (Å²) in [5.74, 6) is 0. The van der Waals surface area contributed by atoms with Crippen LogP contribution < -0.4 is 16.4 Å². The average molecular weight is 283 g/mol. The van der Waals surface area contributed by atoms with E-state index in [1.165, 1.54) is 5.56 Å². The van der Waals surface area contributed by atoms with Crippen LogP contribution in [0.15, 0.2) is 48.5 Å². The van der Waals surface area contributed by atoms with Gasteiger partial charge in [-0.25, -0.2) is 4.79 Å². The molecule has 4 heteroatoms. The molecule has 0 heterocycles. The number of nitrogens with two attached hydrogens (primary N) is 1. The van der Waals surface area contributed by atoms with Gasteiger partial charge in [0.15, 0.2) is 0 Å². The van der Waals surface area contributed by atoms with Crippen molar-refractivity contribution in [2.24, 2.45) is 5.73 Å². The Morgan fingerprint density at radius 1 is 1.10 bits per heavy atom. The summed E-state index contributed by atoms with van der Waals surface area (Å²) in [7, 11) is 0. The summed E-state index contributed by atoms with van der Waals surface area (Å²) in [6, 6.07) is 15.0. The third-order valence-electron chi connectivity index (χ3n) is 3.29. The van der Waals surface area contributed by atoms with Crippen LogP contribution in [0.2, 0.25) is 0 Å². The van der Waals surface area contributed by atoms with Crippen LogP contribution in [-0.4, -0.2) is 6.03 Å². The van der Waals surface area contributed by atoms with E-state index in [2.05, 4.69) is 17.6 Å². The van der Waals surface area contributed by atoms with E-state index in [1.807, 2.05) is 55.5 Å². The van der Waals surface area contributed by atoms with Crippen LogP contribution in [0, 0.1) is 0 Å². The first-order valence-corrected chi connectivity index (χ1v) is 7.11. The second kappa shape index (κ2) is 6.90. The molecule has 0 bridgehead atoms. The first kappa shape index (κ1) is 15.1. The molecule has 0 saturated heterocycles. The summed E-state index contributed by atoms with van der Waals surface area (Å²) in [5, 5.41) is 5.62. The van der Waals surface area contributed by atoms with Crippen molar-refractivity contribution in [1.29, 1.82) is 0 Å². The number of amides is 2. The monoisotopic (exact) mass is 283 g/mol. The highest BCUT2D eigenvalue weighted by Crippen LogP contribution is 2.16. The number of urea groups is 1. The van der Waals surface area contributed by atoms with Gasteiger partial charge < -0.3 is 16.4 Å². The van der Waals surface area contributed by atoms with E-state index in [0.717, 1.165) is 23.4 Å². The maximum absolute atomic E-state index is 12.0. The van der Waals surface area contributed by atoms with Gasteiger partial charge in [0.25, 0.3) is 0 Å². The lowest BCUT2D eigenvalue weighted by Gasteiger charge is -2.11. The first-order valence-electron chi connectivity index (χ1n) is 7.11. The Labute approximate surface area is 125 Å². The van der Waals surface area contributed by atoms with Gasteiger partial charge in [0, 0.05) is 17.4 Å². The molecule has 4 nitrogen and oxygen atoms in total. The number of anilines is 2. The van der Waals surface area contributed by atoms with E-state index < -0.39 is 0 Å². The zero-order valence-electron chi connectivity index (χ0n) is 12.4. The topological polar surface area (TPSA) is 67.2 Å². The maximum Gasteiger partial charge on any atom is 0.323 e. The number of nitrogens with one attached hydrogen (secondary N) is 2. The molecule has 0 aliphatic carbocycles. The lowest BCUT2D eigenvalue weighted by atomic mass is 10.1. The molecular formula is C17H21N3O. The molecule has 2 aromatic rings. The number of rotatable bonds is 4. The second-order valence-corrected chi connectivity index (χ2v) is 5.04. The molecule has 0 saturated carbocycles. The summed E-state index contributed by atoms with van der Waals surface area (Å²) in [6.45, 7) is 4.01. The zero-order chi connectivity index (χ0) is 15.2. The predicted molar refractivity (Wildman–Crippen MR) is 87.5 cm³/mol. The van der Waals surface area contributed by atoms with E-state index in [-0.39, 0.29) is 12.1 Å². The van der Waals surface area contributed by atoms with Gasteiger partial charge in [-0.15, -0.1) is 0 Å². The fourth-order valence-corrected chi connectivity index (χ4v) is 2.02. The van der Waals surface area contributed by atoms with E-state index in [1.54, 1.807) is 0 Å². The Bertz CT molecular complexity index is 606. The largest absolute Gasteiger partial charge is 0.324 e. The summed E-state index contributed by atoms with van der Waals surface area (Å²) in [5.41, 5.74) is 9.56. The molecule has 110 valence electrons. The Hall–Kier alpha value is -2.33. The number of hydrogen-bond acceptors (Lipinski definition) is 2. The minimum atomic E-state index is -0.263. The molecule has 0 radical (unpaired) electrons. The Kier molecular flexibility index (Phi) is 4.95. The third kappa shape index (κ3) is 4.33. The van der Waals surface area contributed by atoms with Crippen LogP contribution in [0.1, 0.15) is 31.0 Å². The van der Waals surface area contributed by atoms with Crippen molar-refractivity contribution in [3.05, 3.63) is 59.7 Å². The number of hydrogen-bond donors (Lipinski definition) is 3. The number of benzene rings is 2. The van der Waals surface area contributed by atoms with Crippen molar-refractivity contribution in [3.8, 4) is 0 Å². The molecule has 21 heavy (non-hydrogen) atoms. The minimum Gasteiger partial charge on any atom is -0.324 e. The summed E-state index contributed by atoms with van der Waals surface area (Å²) in [6.07, 6.45) is 0.983. The highest BCUT2D eigenvalue weighted by molar-refractivity contribution is 5.99. The fourth-order valence-electron chi connectivity index (χ4n) is 2.02. The molecular weight excluding hydrogens is 262 g/mol. The normalized spacial score (nSPS) is 11.8. The van der Waals surface area contributed by atoms with Crippen molar-refractivity contribution in [3.63, 3.8) is 0 Å². The predicted octanol–water partition coefficient (Wildman–Crippen LogP) is 3.91. The number of carbonyl (C=O) groups excluding carboxylic acids is 1. The Morgan fingerprint density at radius 3 is 2.38 bits per heavy atom. The van der Waals surface area contributed by atoms with Gasteiger partial charge in [0.1, 0.15) is 0 Å². The highest BCUT2D eigenvalue weighted by Gasteiger charge is 2.05. The van der Waals surface area contributed by atoms with Crippen LogP contribution >= 0.6 is 0 Å². The molecule has 0 aliphatic heterocycles. The molecule has 2 rings (SSSR count). The van der Waals surface area contributed by atoms with Crippen LogP contribution in [0.4, 0.5) is 16.2 Å². The van der Waals surface area contributed by atoms with Gasteiger partial charge in [-0.1, -0.05) is 31.2 Å². The quantitative estimate of drug-likeness (QED) is 0.796. The highest BCUT2D eigenvalue weighted by atomic mass is 16.2. The zero-order valence-corrected chi connectivity index (χ0v) is 12.4. The molecule has 0 aliphatic rings. The first-order chi connectivity index (χ1) is 10.1. The SMILES string of the molecule is CCc1ccc(NC(=O)Nc2cccc(C(C)N)c2)cc1. The van der Waals surface area contributed by atoms with E-state index in [4.69, 9.17) is 5.73 Å². The Balaban J connectivity index is 1.99. The second-order valence-electron chi connectivity index (χ2n) is 5.04. The van der Waals surface area contributed by atoms with E-state index in [0.29, 0.717) is 0 Å². The molecule has 1 unspecified atom stereocenters. The van der Waals surface area contributed by atoms with Crippen LogP contribution in [0.5, 0.6) is 0 Å². The minimum absolute atomic E-state index is 0.0589. The van der Waals surface area contributed by atoms with Crippen molar-refractivity contribution in [2.45, 2.75) is 26.3 Å².